The van der Waals surface area contributed by atoms with E-state index in [9.17, 15) is 0 Å². The fraction of sp³-hybridized carbons (Fsp3) is 0.167. The Bertz CT molecular complexity index is 121. The summed E-state index contributed by atoms with van der Waals surface area (Å²) in [5, 5.41) is 0. The molecule has 0 radical (unpaired) electrons. The number of rotatable bonds is 1. The van der Waals surface area contributed by atoms with E-state index < -0.39 is 0 Å². The van der Waals surface area contributed by atoms with Crippen LogP contribution in [0.15, 0.2) is 23.8 Å². The van der Waals surface area contributed by atoms with Crippen molar-refractivity contribution in [2.75, 3.05) is 0 Å². The van der Waals surface area contributed by atoms with E-state index >= 15 is 0 Å². The van der Waals surface area contributed by atoms with E-state index in [4.69, 9.17) is 0 Å². The summed E-state index contributed by atoms with van der Waals surface area (Å²) in [6.07, 6.45) is 9.67. The smallest absolute Gasteiger partial charge is 0 e. The Morgan fingerprint density at radius 3 is 1.53 bits per heavy atom. The Morgan fingerprint density at radius 2 is 1.40 bits per heavy atom. The first-order chi connectivity index (χ1) is 3.43. The van der Waals surface area contributed by atoms with Crippen molar-refractivity contribution in [1.29, 1.82) is 0 Å². The average Bonchev–Trinajstić information content (AvgIpc) is 2.14. The van der Waals surface area contributed by atoms with Crippen molar-refractivity contribution in [3.05, 3.63) is 67.4 Å². The molecule has 0 nitrogen and oxygen atoms in total. The van der Waals surface area contributed by atoms with Gasteiger partial charge in [0, 0.05) is 21.7 Å². The molecule has 0 bridgehead atoms. The second-order valence-corrected chi connectivity index (χ2v) is 1.66. The van der Waals surface area contributed by atoms with Gasteiger partial charge in [-0.2, -0.15) is 0 Å². The zero-order chi connectivity index (χ0) is 5.11. The zero-order valence-electron chi connectivity index (χ0n) is 10.8. The number of hydrogen-bond acceptors (Lipinski definition) is 0. The molecule has 0 unspecified atom stereocenters. The first-order valence-electron chi connectivity index (χ1n) is 2.58. The summed E-state index contributed by atoms with van der Waals surface area (Å²) in [5.74, 6) is 0. The van der Waals surface area contributed by atoms with Gasteiger partial charge in [0.15, 0.2) is 0 Å². The second-order valence-electron chi connectivity index (χ2n) is 1.66. The van der Waals surface area contributed by atoms with E-state index in [2.05, 4.69) is 31.6 Å². The van der Waals surface area contributed by atoms with Crippen molar-refractivity contribution in [2.45, 2.75) is 13.3 Å². The van der Waals surface area contributed by atoms with Crippen LogP contribution in [0.5, 0.6) is 0 Å². The van der Waals surface area contributed by atoms with Crippen LogP contribution in [0.4, 0.5) is 0 Å². The predicted molar refractivity (Wildman–Crippen MR) is 78.4 cm³/mol. The molecule has 0 atom stereocenters. The minimum absolute atomic E-state index is 0. The molecule has 0 saturated heterocycles. The van der Waals surface area contributed by atoms with Crippen LogP contribution in [0.25, 0.3) is 0 Å². The molecule has 0 N–H and O–H groups in total. The fourth-order valence-electron chi connectivity index (χ4n) is 0.678. The summed E-state index contributed by atoms with van der Waals surface area (Å²) in [5.41, 5.74) is 1.43. The summed E-state index contributed by atoms with van der Waals surface area (Å²) in [7, 11) is 0. The molecule has 0 spiro atoms. The second kappa shape index (κ2) is 36.5. The van der Waals surface area contributed by atoms with Gasteiger partial charge in [0.2, 0.25) is 0 Å². The van der Waals surface area contributed by atoms with Gasteiger partial charge in [-0.3, -0.25) is 0 Å². The standard InChI is InChI=1S/C7H9.5CH3.2ClH.Ti/c1-2-7-5-3-4-6-7;;;;;;;;/h2-5H,6H2,1H3;5*1H3;2*1H;/q6*-1;;;. The average molecular weight is 289 g/mol. The molecule has 0 aliphatic heterocycles. The Labute approximate surface area is 127 Å². The van der Waals surface area contributed by atoms with Crippen molar-refractivity contribution >= 4 is 24.8 Å². The third kappa shape index (κ3) is 25.2. The number of halogens is 2. The monoisotopic (exact) mass is 288 g/mol. The fourth-order valence-corrected chi connectivity index (χ4v) is 0.678. The summed E-state index contributed by atoms with van der Waals surface area (Å²) >= 11 is 0. The van der Waals surface area contributed by atoms with Gasteiger partial charge in [-0.1, -0.05) is 0 Å². The van der Waals surface area contributed by atoms with Gasteiger partial charge in [0.05, 0.1) is 0 Å². The third-order valence-electron chi connectivity index (χ3n) is 1.17. The summed E-state index contributed by atoms with van der Waals surface area (Å²) < 4.78 is 0. The summed E-state index contributed by atoms with van der Waals surface area (Å²) in [6.45, 7) is 2.07. The van der Waals surface area contributed by atoms with Crippen molar-refractivity contribution in [3.63, 3.8) is 0 Å². The quantitative estimate of drug-likeness (QED) is 0.460. The van der Waals surface area contributed by atoms with Crippen LogP contribution in [-0.4, -0.2) is 0 Å². The van der Waals surface area contributed by atoms with E-state index in [0.717, 1.165) is 6.42 Å². The summed E-state index contributed by atoms with van der Waals surface area (Å²) in [4.78, 5) is 0. The molecule has 98 valence electrons. The van der Waals surface area contributed by atoms with Crippen molar-refractivity contribution in [3.8, 4) is 0 Å². The predicted octanol–water partition coefficient (Wildman–Crippen LogP) is 5.19. The maximum Gasteiger partial charge on any atom is 0 e. The van der Waals surface area contributed by atoms with Gasteiger partial charge < -0.3 is 37.1 Å². The van der Waals surface area contributed by atoms with Gasteiger partial charge in [-0.15, -0.1) is 43.9 Å². The normalized spacial score (nSPS) is 7.93. The maximum absolute atomic E-state index is 2.16. The largest absolute Gasteiger partial charge is 0.358 e. The third-order valence-corrected chi connectivity index (χ3v) is 1.17. The van der Waals surface area contributed by atoms with Crippen LogP contribution in [-0.2, 0) is 21.7 Å². The van der Waals surface area contributed by atoms with Crippen molar-refractivity contribution < 1.29 is 21.7 Å². The Morgan fingerprint density at radius 1 is 1.00 bits per heavy atom. The molecule has 1 aliphatic rings. The van der Waals surface area contributed by atoms with Gasteiger partial charge in [0.25, 0.3) is 0 Å². The van der Waals surface area contributed by atoms with Crippen molar-refractivity contribution in [1.82, 2.24) is 0 Å². The van der Waals surface area contributed by atoms with Gasteiger partial charge in [0.1, 0.15) is 0 Å². The first kappa shape index (κ1) is 57.4. The molecule has 1 aliphatic carbocycles. The topological polar surface area (TPSA) is 0 Å². The molecule has 0 aromatic rings. The SMILES string of the molecule is C[CH-]C1=CC=CC1.Cl.Cl.[CH3-].[CH3-].[CH3-].[CH3-].[CH3-].[Ti]. The molecule has 0 fully saturated rings. The van der Waals surface area contributed by atoms with Crippen LogP contribution < -0.4 is 0 Å². The van der Waals surface area contributed by atoms with E-state index in [0.29, 0.717) is 0 Å². The molecular formula is C12H26Cl2Ti-6. The number of allylic oxidation sites excluding steroid dienone is 4. The molecule has 1 rings (SSSR count). The van der Waals surface area contributed by atoms with E-state index in [1.165, 1.54) is 5.57 Å². The van der Waals surface area contributed by atoms with E-state index in [1.807, 2.05) is 0 Å². The molecule has 0 heterocycles. The van der Waals surface area contributed by atoms with E-state index in [1.54, 1.807) is 0 Å². The molecule has 0 amide bonds. The Balaban J connectivity index is -0.0000000102. The van der Waals surface area contributed by atoms with E-state index in [-0.39, 0.29) is 83.7 Å². The minimum atomic E-state index is 0. The molecule has 15 heavy (non-hydrogen) atoms. The zero-order valence-corrected chi connectivity index (χ0v) is 14.0. The van der Waals surface area contributed by atoms with Gasteiger partial charge in [-0.05, 0) is 6.42 Å². The Kier molecular flexibility index (Phi) is 140. The molecule has 0 aromatic heterocycles. The number of hydrogen-bond donors (Lipinski definition) is 0. The molecule has 3 heteroatoms. The molecule has 0 aromatic carbocycles. The van der Waals surface area contributed by atoms with Gasteiger partial charge in [-0.25, -0.2) is 18.1 Å². The van der Waals surface area contributed by atoms with Crippen LogP contribution in [0.3, 0.4) is 0 Å². The maximum atomic E-state index is 2.16. The van der Waals surface area contributed by atoms with Crippen LogP contribution in [0.2, 0.25) is 0 Å². The minimum Gasteiger partial charge on any atom is -0.358 e. The molecule has 0 saturated carbocycles. The Hall–Kier alpha value is 0.644. The first-order valence-corrected chi connectivity index (χ1v) is 2.58. The van der Waals surface area contributed by atoms with Crippen LogP contribution >= 0.6 is 24.8 Å². The summed E-state index contributed by atoms with van der Waals surface area (Å²) in [6, 6.07) is 0. The van der Waals surface area contributed by atoms with Crippen LogP contribution in [0, 0.1) is 43.6 Å². The molecular weight excluding hydrogens is 263 g/mol. The van der Waals surface area contributed by atoms with Gasteiger partial charge >= 0.3 is 0 Å². The van der Waals surface area contributed by atoms with Crippen molar-refractivity contribution in [2.24, 2.45) is 0 Å². The van der Waals surface area contributed by atoms with Crippen LogP contribution in [0.1, 0.15) is 13.3 Å².